The molecule has 0 bridgehead atoms. The molecule has 0 spiro atoms. The van der Waals surface area contributed by atoms with Crippen molar-refractivity contribution in [2.75, 3.05) is 30.8 Å². The van der Waals surface area contributed by atoms with Gasteiger partial charge in [-0.1, -0.05) is 12.1 Å². The van der Waals surface area contributed by atoms with Crippen LogP contribution >= 0.6 is 0 Å². The van der Waals surface area contributed by atoms with Gasteiger partial charge in [-0.25, -0.2) is 0 Å². The number of nitrogen functional groups attached to an aromatic ring is 1. The van der Waals surface area contributed by atoms with Crippen LogP contribution in [0.2, 0.25) is 0 Å². The molecule has 0 amide bonds. The number of nitrogens with two attached hydrogens (primary N) is 1. The van der Waals surface area contributed by atoms with Crippen molar-refractivity contribution in [2.24, 2.45) is 0 Å². The van der Waals surface area contributed by atoms with Gasteiger partial charge in [-0.05, 0) is 18.6 Å². The van der Waals surface area contributed by atoms with Gasteiger partial charge in [0, 0.05) is 32.6 Å². The largest absolute Gasteiger partial charge is 0.397 e. The second kappa shape index (κ2) is 4.94. The van der Waals surface area contributed by atoms with Crippen LogP contribution in [0.1, 0.15) is 18.4 Å². The van der Waals surface area contributed by atoms with Crippen molar-refractivity contribution in [3.63, 3.8) is 0 Å². The number of aliphatic hydroxyl groups is 1. The van der Waals surface area contributed by atoms with Crippen LogP contribution in [0.25, 0.3) is 0 Å². The summed E-state index contributed by atoms with van der Waals surface area (Å²) in [6.45, 7) is 3.75. The summed E-state index contributed by atoms with van der Waals surface area (Å²) in [4.78, 5) is 0. The van der Waals surface area contributed by atoms with Crippen LogP contribution in [0.4, 0.5) is 11.4 Å². The highest BCUT2D eigenvalue weighted by atomic mass is 16.5. The Morgan fingerprint density at radius 2 is 2.12 bits per heavy atom. The highest BCUT2D eigenvalue weighted by Crippen LogP contribution is 2.25. The SMILES string of the molecule is Cc1cccc(NCC2(O)CCOCC2)c1N. The normalized spacial score (nSPS) is 18.9. The number of nitrogens with one attached hydrogen (secondary N) is 1. The summed E-state index contributed by atoms with van der Waals surface area (Å²) in [5.41, 5.74) is 8.00. The molecule has 1 aromatic rings. The summed E-state index contributed by atoms with van der Waals surface area (Å²) in [6.07, 6.45) is 1.34. The van der Waals surface area contributed by atoms with Gasteiger partial charge in [0.1, 0.15) is 0 Å². The maximum atomic E-state index is 10.3. The third-order valence-electron chi connectivity index (χ3n) is 3.36. The number of rotatable bonds is 3. The zero-order valence-electron chi connectivity index (χ0n) is 10.2. The standard InChI is InChI=1S/C13H20N2O2/c1-10-3-2-4-11(12(10)14)15-9-13(16)5-7-17-8-6-13/h2-4,15-16H,5-9,14H2,1H3. The Morgan fingerprint density at radius 3 is 2.82 bits per heavy atom. The minimum atomic E-state index is -0.672. The fourth-order valence-corrected chi connectivity index (χ4v) is 2.02. The van der Waals surface area contributed by atoms with Gasteiger partial charge in [-0.15, -0.1) is 0 Å². The fourth-order valence-electron chi connectivity index (χ4n) is 2.02. The second-order valence-electron chi connectivity index (χ2n) is 4.73. The Kier molecular flexibility index (Phi) is 3.54. The first-order valence-corrected chi connectivity index (χ1v) is 6.00. The highest BCUT2D eigenvalue weighted by molar-refractivity contribution is 5.69. The molecule has 1 fully saturated rings. The lowest BCUT2D eigenvalue weighted by molar-refractivity contribution is -0.0543. The predicted octanol–water partition coefficient (Wildman–Crippen LogP) is 1.53. The Balaban J connectivity index is 1.99. The molecule has 1 aliphatic rings. The molecule has 4 N–H and O–H groups in total. The molecule has 4 heteroatoms. The smallest absolute Gasteiger partial charge is 0.0863 e. The summed E-state index contributed by atoms with van der Waals surface area (Å²) < 4.78 is 5.25. The van der Waals surface area contributed by atoms with Crippen LogP contribution in [-0.4, -0.2) is 30.5 Å². The topological polar surface area (TPSA) is 67.5 Å². The van der Waals surface area contributed by atoms with Gasteiger partial charge in [0.15, 0.2) is 0 Å². The Bertz CT molecular complexity index is 387. The van der Waals surface area contributed by atoms with E-state index in [1.807, 2.05) is 25.1 Å². The average Bonchev–Trinajstić information content (AvgIpc) is 2.32. The van der Waals surface area contributed by atoms with Crippen molar-refractivity contribution in [1.82, 2.24) is 0 Å². The Hall–Kier alpha value is -1.26. The second-order valence-corrected chi connectivity index (χ2v) is 4.73. The summed E-state index contributed by atoms with van der Waals surface area (Å²) in [6, 6.07) is 5.87. The molecular weight excluding hydrogens is 216 g/mol. The monoisotopic (exact) mass is 236 g/mol. The van der Waals surface area contributed by atoms with Gasteiger partial charge in [-0.3, -0.25) is 0 Å². The Labute approximate surface area is 102 Å². The minimum absolute atomic E-state index is 0.518. The summed E-state index contributed by atoms with van der Waals surface area (Å²) >= 11 is 0. The number of hydrogen-bond acceptors (Lipinski definition) is 4. The minimum Gasteiger partial charge on any atom is -0.397 e. The van der Waals surface area contributed by atoms with E-state index < -0.39 is 5.60 Å². The van der Waals surface area contributed by atoms with Gasteiger partial charge >= 0.3 is 0 Å². The van der Waals surface area contributed by atoms with Gasteiger partial charge < -0.3 is 20.9 Å². The lowest BCUT2D eigenvalue weighted by atomic mass is 9.94. The molecule has 2 rings (SSSR count). The molecular formula is C13H20N2O2. The summed E-state index contributed by atoms with van der Waals surface area (Å²) in [7, 11) is 0. The predicted molar refractivity (Wildman–Crippen MR) is 69.1 cm³/mol. The third-order valence-corrected chi connectivity index (χ3v) is 3.36. The van der Waals surface area contributed by atoms with Crippen molar-refractivity contribution in [2.45, 2.75) is 25.4 Å². The molecule has 94 valence electrons. The van der Waals surface area contributed by atoms with E-state index in [1.165, 1.54) is 0 Å². The van der Waals surface area contributed by atoms with E-state index in [4.69, 9.17) is 10.5 Å². The molecule has 0 aromatic heterocycles. The van der Waals surface area contributed by atoms with E-state index in [0.717, 1.165) is 16.9 Å². The molecule has 1 aromatic carbocycles. The number of hydrogen-bond donors (Lipinski definition) is 3. The molecule has 4 nitrogen and oxygen atoms in total. The molecule has 0 radical (unpaired) electrons. The van der Waals surface area contributed by atoms with Gasteiger partial charge in [0.05, 0.1) is 17.0 Å². The number of anilines is 2. The van der Waals surface area contributed by atoms with E-state index in [0.29, 0.717) is 32.6 Å². The van der Waals surface area contributed by atoms with Crippen LogP contribution < -0.4 is 11.1 Å². The quantitative estimate of drug-likeness (QED) is 0.696. The van der Waals surface area contributed by atoms with E-state index in [-0.39, 0.29) is 0 Å². The first-order valence-electron chi connectivity index (χ1n) is 6.00. The molecule has 17 heavy (non-hydrogen) atoms. The molecule has 0 unspecified atom stereocenters. The lowest BCUT2D eigenvalue weighted by Crippen LogP contribution is -2.42. The van der Waals surface area contributed by atoms with Crippen molar-refractivity contribution in [3.8, 4) is 0 Å². The number of aryl methyl sites for hydroxylation is 1. The molecule has 0 aliphatic carbocycles. The number of benzene rings is 1. The molecule has 1 aliphatic heterocycles. The van der Waals surface area contributed by atoms with Crippen LogP contribution in [0.5, 0.6) is 0 Å². The van der Waals surface area contributed by atoms with E-state index in [9.17, 15) is 5.11 Å². The average molecular weight is 236 g/mol. The molecule has 0 atom stereocenters. The molecule has 1 heterocycles. The zero-order chi connectivity index (χ0) is 12.3. The first-order chi connectivity index (χ1) is 8.11. The highest BCUT2D eigenvalue weighted by Gasteiger charge is 2.29. The lowest BCUT2D eigenvalue weighted by Gasteiger charge is -2.32. The fraction of sp³-hybridized carbons (Fsp3) is 0.538. The zero-order valence-corrected chi connectivity index (χ0v) is 10.2. The number of para-hydroxylation sites is 1. The van der Waals surface area contributed by atoms with E-state index in [1.54, 1.807) is 0 Å². The van der Waals surface area contributed by atoms with Crippen molar-refractivity contribution in [1.29, 1.82) is 0 Å². The van der Waals surface area contributed by atoms with Crippen LogP contribution in [0.3, 0.4) is 0 Å². The van der Waals surface area contributed by atoms with Crippen molar-refractivity contribution < 1.29 is 9.84 Å². The van der Waals surface area contributed by atoms with E-state index in [2.05, 4.69) is 5.32 Å². The maximum absolute atomic E-state index is 10.3. The first kappa shape index (κ1) is 12.2. The van der Waals surface area contributed by atoms with Crippen molar-refractivity contribution in [3.05, 3.63) is 23.8 Å². The maximum Gasteiger partial charge on any atom is 0.0863 e. The van der Waals surface area contributed by atoms with Gasteiger partial charge in [0.2, 0.25) is 0 Å². The van der Waals surface area contributed by atoms with Crippen LogP contribution in [-0.2, 0) is 4.74 Å². The third kappa shape index (κ3) is 2.90. The van der Waals surface area contributed by atoms with Crippen LogP contribution in [0.15, 0.2) is 18.2 Å². The summed E-state index contributed by atoms with van der Waals surface area (Å²) in [5, 5.41) is 13.5. The molecule has 1 saturated heterocycles. The van der Waals surface area contributed by atoms with E-state index >= 15 is 0 Å². The summed E-state index contributed by atoms with van der Waals surface area (Å²) in [5.74, 6) is 0. The van der Waals surface area contributed by atoms with Crippen LogP contribution in [0, 0.1) is 6.92 Å². The number of ether oxygens (including phenoxy) is 1. The Morgan fingerprint density at radius 1 is 1.41 bits per heavy atom. The van der Waals surface area contributed by atoms with Gasteiger partial charge in [0.25, 0.3) is 0 Å². The van der Waals surface area contributed by atoms with Gasteiger partial charge in [-0.2, -0.15) is 0 Å². The van der Waals surface area contributed by atoms with Crippen molar-refractivity contribution >= 4 is 11.4 Å². The molecule has 0 saturated carbocycles.